The molecule has 0 saturated heterocycles. The van der Waals surface area contributed by atoms with Crippen LogP contribution in [-0.4, -0.2) is 4.98 Å². The number of aromatic nitrogens is 1. The molecule has 2 aromatic carbocycles. The Morgan fingerprint density at radius 3 is 2.40 bits per heavy atom. The van der Waals surface area contributed by atoms with Crippen LogP contribution in [0.2, 0.25) is 0 Å². The molecular formula is C18H18N2. The van der Waals surface area contributed by atoms with Crippen LogP contribution >= 0.6 is 0 Å². The summed E-state index contributed by atoms with van der Waals surface area (Å²) in [6.07, 6.45) is 3.76. The van der Waals surface area contributed by atoms with Crippen molar-refractivity contribution in [1.82, 2.24) is 4.98 Å². The van der Waals surface area contributed by atoms with Crippen LogP contribution in [0.4, 0.5) is 0 Å². The number of benzene rings is 2. The summed E-state index contributed by atoms with van der Waals surface area (Å²) in [4.78, 5) is 4.34. The maximum Gasteiger partial charge on any atom is 0.0658 e. The van der Waals surface area contributed by atoms with Gasteiger partial charge in [0.15, 0.2) is 0 Å². The van der Waals surface area contributed by atoms with Gasteiger partial charge in [0.25, 0.3) is 0 Å². The van der Waals surface area contributed by atoms with Crippen molar-refractivity contribution < 1.29 is 0 Å². The lowest BCUT2D eigenvalue weighted by atomic mass is 9.84. The van der Waals surface area contributed by atoms with Crippen LogP contribution in [0.3, 0.4) is 0 Å². The van der Waals surface area contributed by atoms with Crippen molar-refractivity contribution in [2.24, 2.45) is 5.73 Å². The fourth-order valence-electron chi connectivity index (χ4n) is 2.59. The summed E-state index contributed by atoms with van der Waals surface area (Å²) in [5.41, 5.74) is 9.47. The minimum absolute atomic E-state index is 0.554. The first-order valence-electron chi connectivity index (χ1n) is 6.78. The van der Waals surface area contributed by atoms with Crippen LogP contribution in [0.1, 0.15) is 23.6 Å². The molecule has 2 heteroatoms. The van der Waals surface area contributed by atoms with Gasteiger partial charge in [-0.25, -0.2) is 0 Å². The first-order valence-corrected chi connectivity index (χ1v) is 6.78. The van der Waals surface area contributed by atoms with Crippen LogP contribution in [0.15, 0.2) is 60.9 Å². The first kappa shape index (κ1) is 12.8. The van der Waals surface area contributed by atoms with E-state index in [1.807, 2.05) is 31.5 Å². The van der Waals surface area contributed by atoms with E-state index < -0.39 is 5.54 Å². The highest BCUT2D eigenvalue weighted by Crippen LogP contribution is 2.31. The largest absolute Gasteiger partial charge is 0.318 e. The second-order valence-electron chi connectivity index (χ2n) is 5.48. The molecule has 0 bridgehead atoms. The monoisotopic (exact) mass is 262 g/mol. The molecule has 2 nitrogen and oxygen atoms in total. The number of aryl methyl sites for hydroxylation is 1. The number of rotatable bonds is 2. The van der Waals surface area contributed by atoms with Crippen LogP contribution in [0.25, 0.3) is 10.8 Å². The Kier molecular flexibility index (Phi) is 3.03. The van der Waals surface area contributed by atoms with Gasteiger partial charge in [-0.05, 0) is 24.8 Å². The van der Waals surface area contributed by atoms with Crippen LogP contribution < -0.4 is 5.73 Å². The van der Waals surface area contributed by atoms with Crippen molar-refractivity contribution in [2.45, 2.75) is 19.4 Å². The Morgan fingerprint density at radius 1 is 0.950 bits per heavy atom. The smallest absolute Gasteiger partial charge is 0.0658 e. The zero-order valence-corrected chi connectivity index (χ0v) is 11.8. The normalized spacial score (nSPS) is 14.2. The summed E-state index contributed by atoms with van der Waals surface area (Å²) in [5, 5.41) is 2.28. The van der Waals surface area contributed by atoms with Crippen molar-refractivity contribution in [3.05, 3.63) is 77.6 Å². The van der Waals surface area contributed by atoms with Gasteiger partial charge in [-0.1, -0.05) is 54.1 Å². The Hall–Kier alpha value is -2.19. The highest BCUT2D eigenvalue weighted by atomic mass is 14.7. The molecule has 3 rings (SSSR count). The minimum atomic E-state index is -0.554. The topological polar surface area (TPSA) is 38.9 Å². The van der Waals surface area contributed by atoms with Gasteiger partial charge in [-0.15, -0.1) is 0 Å². The number of hydrogen-bond donors (Lipinski definition) is 1. The minimum Gasteiger partial charge on any atom is -0.318 e. The van der Waals surface area contributed by atoms with Gasteiger partial charge in [0.2, 0.25) is 0 Å². The molecule has 0 aliphatic heterocycles. The second kappa shape index (κ2) is 4.73. The van der Waals surface area contributed by atoms with Gasteiger partial charge in [-0.2, -0.15) is 0 Å². The molecule has 20 heavy (non-hydrogen) atoms. The molecule has 2 N–H and O–H groups in total. The van der Waals surface area contributed by atoms with E-state index in [2.05, 4.69) is 48.3 Å². The van der Waals surface area contributed by atoms with Gasteiger partial charge in [0, 0.05) is 23.3 Å². The molecule has 100 valence electrons. The molecule has 0 fully saturated rings. The van der Waals surface area contributed by atoms with E-state index in [1.54, 1.807) is 0 Å². The van der Waals surface area contributed by atoms with Crippen molar-refractivity contribution in [1.29, 1.82) is 0 Å². The quantitative estimate of drug-likeness (QED) is 0.763. The van der Waals surface area contributed by atoms with E-state index in [9.17, 15) is 0 Å². The Morgan fingerprint density at radius 2 is 1.65 bits per heavy atom. The molecule has 0 saturated carbocycles. The van der Waals surface area contributed by atoms with E-state index in [-0.39, 0.29) is 0 Å². The molecular weight excluding hydrogens is 244 g/mol. The van der Waals surface area contributed by atoms with E-state index in [0.717, 1.165) is 21.9 Å². The molecule has 1 aromatic heterocycles. The van der Waals surface area contributed by atoms with E-state index in [0.29, 0.717) is 0 Å². The lowest BCUT2D eigenvalue weighted by molar-refractivity contribution is 0.606. The third-order valence-electron chi connectivity index (χ3n) is 3.88. The fourth-order valence-corrected chi connectivity index (χ4v) is 2.59. The van der Waals surface area contributed by atoms with Gasteiger partial charge in [0.05, 0.1) is 5.54 Å². The third kappa shape index (κ3) is 2.08. The van der Waals surface area contributed by atoms with E-state index in [4.69, 9.17) is 5.73 Å². The highest BCUT2D eigenvalue weighted by molar-refractivity contribution is 5.86. The molecule has 0 radical (unpaired) electrons. The second-order valence-corrected chi connectivity index (χ2v) is 5.48. The zero-order valence-electron chi connectivity index (χ0n) is 11.8. The highest BCUT2D eigenvalue weighted by Gasteiger charge is 2.25. The Balaban J connectivity index is 2.20. The average molecular weight is 262 g/mol. The standard InChI is InChI=1S/C18H18N2/c1-13-7-9-15(10-8-13)18(2,19)17-12-20-11-14-5-3-4-6-16(14)17/h3-12H,19H2,1-2H3. The van der Waals surface area contributed by atoms with E-state index in [1.165, 1.54) is 5.56 Å². The van der Waals surface area contributed by atoms with E-state index >= 15 is 0 Å². The number of hydrogen-bond acceptors (Lipinski definition) is 2. The van der Waals surface area contributed by atoms with Gasteiger partial charge >= 0.3 is 0 Å². The molecule has 0 amide bonds. The lowest BCUT2D eigenvalue weighted by Crippen LogP contribution is -2.34. The zero-order chi connectivity index (χ0) is 14.2. The number of pyridine rings is 1. The van der Waals surface area contributed by atoms with Crippen LogP contribution in [0.5, 0.6) is 0 Å². The molecule has 0 aliphatic carbocycles. The summed E-state index contributed by atoms with van der Waals surface area (Å²) in [7, 11) is 0. The van der Waals surface area contributed by atoms with Gasteiger partial charge in [0.1, 0.15) is 0 Å². The maximum absolute atomic E-state index is 6.64. The molecule has 3 aromatic rings. The third-order valence-corrected chi connectivity index (χ3v) is 3.88. The Labute approximate surface area is 119 Å². The first-order chi connectivity index (χ1) is 9.59. The summed E-state index contributed by atoms with van der Waals surface area (Å²) >= 11 is 0. The molecule has 0 spiro atoms. The molecule has 1 unspecified atom stereocenters. The SMILES string of the molecule is Cc1ccc(C(C)(N)c2cncc3ccccc23)cc1. The van der Waals surface area contributed by atoms with Crippen molar-refractivity contribution in [3.8, 4) is 0 Å². The molecule has 1 heterocycles. The van der Waals surface area contributed by atoms with Crippen molar-refractivity contribution in [2.75, 3.05) is 0 Å². The number of fused-ring (bicyclic) bond motifs is 1. The predicted octanol–water partition coefficient (Wildman–Crippen LogP) is 3.77. The maximum atomic E-state index is 6.64. The summed E-state index contributed by atoms with van der Waals surface area (Å²) in [6, 6.07) is 16.6. The lowest BCUT2D eigenvalue weighted by Gasteiger charge is -2.27. The number of nitrogens with zero attached hydrogens (tertiary/aromatic N) is 1. The molecule has 1 atom stereocenters. The fraction of sp³-hybridized carbons (Fsp3) is 0.167. The van der Waals surface area contributed by atoms with Crippen LogP contribution in [0, 0.1) is 6.92 Å². The summed E-state index contributed by atoms with van der Waals surface area (Å²) < 4.78 is 0. The van der Waals surface area contributed by atoms with Gasteiger partial charge < -0.3 is 5.73 Å². The van der Waals surface area contributed by atoms with Gasteiger partial charge in [-0.3, -0.25) is 4.98 Å². The van der Waals surface area contributed by atoms with Crippen molar-refractivity contribution in [3.63, 3.8) is 0 Å². The molecule has 0 aliphatic rings. The number of nitrogens with two attached hydrogens (primary N) is 1. The Bertz CT molecular complexity index is 737. The summed E-state index contributed by atoms with van der Waals surface area (Å²) in [6.45, 7) is 4.12. The van der Waals surface area contributed by atoms with Crippen molar-refractivity contribution >= 4 is 10.8 Å². The predicted molar refractivity (Wildman–Crippen MR) is 83.6 cm³/mol. The average Bonchev–Trinajstić information content (AvgIpc) is 2.47. The van der Waals surface area contributed by atoms with Crippen LogP contribution in [-0.2, 0) is 5.54 Å². The summed E-state index contributed by atoms with van der Waals surface area (Å²) in [5.74, 6) is 0.